The fourth-order valence-electron chi connectivity index (χ4n) is 2.43. The molecule has 5 nitrogen and oxygen atoms in total. The van der Waals surface area contributed by atoms with Gasteiger partial charge in [0, 0.05) is 26.2 Å². The average Bonchev–Trinajstić information content (AvgIpc) is 2.97. The summed E-state index contributed by atoms with van der Waals surface area (Å²) in [6, 6.07) is 5.58. The highest BCUT2D eigenvalue weighted by Gasteiger charge is 2.20. The minimum Gasteiger partial charge on any atom is -0.469 e. The van der Waals surface area contributed by atoms with Gasteiger partial charge in [-0.15, -0.1) is 0 Å². The van der Waals surface area contributed by atoms with E-state index in [9.17, 15) is 4.79 Å². The lowest BCUT2D eigenvalue weighted by Gasteiger charge is -2.24. The summed E-state index contributed by atoms with van der Waals surface area (Å²) in [7, 11) is 1.41. The molecular formula is C15H21ClN2O3. The molecule has 0 spiro atoms. The number of carbonyl (C=O) groups excluding carboxylic acids is 1. The van der Waals surface area contributed by atoms with Crippen LogP contribution in [0.5, 0.6) is 0 Å². The second kappa shape index (κ2) is 8.32. The lowest BCUT2D eigenvalue weighted by molar-refractivity contribution is -0.141. The van der Waals surface area contributed by atoms with Crippen molar-refractivity contribution in [2.24, 2.45) is 0 Å². The fourth-order valence-corrected chi connectivity index (χ4v) is 2.61. The van der Waals surface area contributed by atoms with E-state index in [4.69, 9.17) is 21.1 Å². The normalized spacial score (nSPS) is 18.1. The Balaban J connectivity index is 1.94. The monoisotopic (exact) mass is 312 g/mol. The van der Waals surface area contributed by atoms with Crippen LogP contribution in [0, 0.1) is 0 Å². The molecule has 1 atom stereocenters. The first-order valence-corrected chi connectivity index (χ1v) is 7.57. The summed E-state index contributed by atoms with van der Waals surface area (Å²) in [5, 5.41) is 0.484. The molecule has 6 heteroatoms. The van der Waals surface area contributed by atoms with Gasteiger partial charge in [0.15, 0.2) is 0 Å². The van der Waals surface area contributed by atoms with Crippen LogP contribution in [-0.2, 0) is 20.8 Å². The summed E-state index contributed by atoms with van der Waals surface area (Å²) < 4.78 is 10.4. The van der Waals surface area contributed by atoms with Gasteiger partial charge in [-0.1, -0.05) is 17.7 Å². The summed E-state index contributed by atoms with van der Waals surface area (Å²) in [5.74, 6) is -0.202. The van der Waals surface area contributed by atoms with E-state index in [1.807, 2.05) is 12.1 Å². The Morgan fingerprint density at radius 3 is 3.10 bits per heavy atom. The molecule has 0 amide bonds. The van der Waals surface area contributed by atoms with Crippen molar-refractivity contribution in [3.8, 4) is 0 Å². The molecule has 0 N–H and O–H groups in total. The lowest BCUT2D eigenvalue weighted by Crippen LogP contribution is -2.34. The summed E-state index contributed by atoms with van der Waals surface area (Å²) in [4.78, 5) is 17.8. The molecule has 1 aliphatic rings. The maximum absolute atomic E-state index is 11.3. The van der Waals surface area contributed by atoms with Gasteiger partial charge in [0.05, 0.1) is 25.3 Å². The number of hydrogen-bond donors (Lipinski definition) is 0. The number of esters is 1. The Bertz CT molecular complexity index is 464. The fraction of sp³-hybridized carbons (Fsp3) is 0.600. The number of pyridine rings is 1. The molecule has 1 aromatic rings. The molecule has 116 valence electrons. The molecule has 21 heavy (non-hydrogen) atoms. The second-order valence-electron chi connectivity index (χ2n) is 5.15. The van der Waals surface area contributed by atoms with E-state index in [-0.39, 0.29) is 12.1 Å². The van der Waals surface area contributed by atoms with Crippen molar-refractivity contribution in [3.05, 3.63) is 29.0 Å². The zero-order valence-electron chi connectivity index (χ0n) is 12.3. The number of aromatic nitrogens is 1. The Hall–Kier alpha value is -1.17. The number of carbonyl (C=O) groups is 1. The smallest absolute Gasteiger partial charge is 0.306 e. The van der Waals surface area contributed by atoms with Crippen LogP contribution in [0.4, 0.5) is 0 Å². The highest BCUT2D eigenvalue weighted by Crippen LogP contribution is 2.15. The predicted octanol–water partition coefficient (Wildman–Crippen LogP) is 2.28. The van der Waals surface area contributed by atoms with Crippen LogP contribution >= 0.6 is 11.6 Å². The molecule has 1 aromatic heterocycles. The van der Waals surface area contributed by atoms with Crippen LogP contribution in [0.1, 0.15) is 25.0 Å². The maximum atomic E-state index is 11.3. The van der Waals surface area contributed by atoms with E-state index >= 15 is 0 Å². The third kappa shape index (κ3) is 5.61. The first-order valence-electron chi connectivity index (χ1n) is 7.19. The van der Waals surface area contributed by atoms with Crippen molar-refractivity contribution in [1.29, 1.82) is 0 Å². The quantitative estimate of drug-likeness (QED) is 0.571. The number of ether oxygens (including phenoxy) is 2. The van der Waals surface area contributed by atoms with Gasteiger partial charge in [-0.25, -0.2) is 4.98 Å². The number of nitrogens with zero attached hydrogens (tertiary/aromatic N) is 2. The summed E-state index contributed by atoms with van der Waals surface area (Å²) in [6.45, 7) is 2.90. The summed E-state index contributed by atoms with van der Waals surface area (Å²) in [6.07, 6.45) is 2.77. The van der Waals surface area contributed by atoms with Crippen LogP contribution in [0.15, 0.2) is 18.2 Å². The zero-order valence-corrected chi connectivity index (χ0v) is 13.0. The molecule has 2 heterocycles. The number of rotatable bonds is 7. The molecule has 1 fully saturated rings. The van der Waals surface area contributed by atoms with Crippen molar-refractivity contribution in [2.45, 2.75) is 31.9 Å². The Morgan fingerprint density at radius 1 is 1.57 bits per heavy atom. The van der Waals surface area contributed by atoms with E-state index in [0.29, 0.717) is 24.7 Å². The Morgan fingerprint density at radius 2 is 2.43 bits per heavy atom. The second-order valence-corrected chi connectivity index (χ2v) is 5.54. The summed E-state index contributed by atoms with van der Waals surface area (Å²) >= 11 is 5.92. The molecule has 2 rings (SSSR count). The Kier molecular flexibility index (Phi) is 6.42. The van der Waals surface area contributed by atoms with Crippen molar-refractivity contribution < 1.29 is 14.3 Å². The maximum Gasteiger partial charge on any atom is 0.306 e. The van der Waals surface area contributed by atoms with Gasteiger partial charge < -0.3 is 9.47 Å². The molecule has 0 aliphatic carbocycles. The van der Waals surface area contributed by atoms with Gasteiger partial charge in [-0.2, -0.15) is 0 Å². The minimum atomic E-state index is -0.202. The molecule has 1 aliphatic heterocycles. The topological polar surface area (TPSA) is 51.7 Å². The van der Waals surface area contributed by atoms with Gasteiger partial charge >= 0.3 is 5.97 Å². The first-order chi connectivity index (χ1) is 10.2. The number of hydrogen-bond acceptors (Lipinski definition) is 5. The molecule has 0 radical (unpaired) electrons. The van der Waals surface area contributed by atoms with Crippen LogP contribution in [0.3, 0.4) is 0 Å². The third-order valence-electron chi connectivity index (χ3n) is 3.50. The van der Waals surface area contributed by atoms with E-state index in [2.05, 4.69) is 9.88 Å². The standard InChI is InChI=1S/C15H21ClN2O3/c1-20-15(19)7-8-18(11-13-5-3-9-21-13)10-12-4-2-6-14(16)17-12/h2,4,6,13H,3,5,7-11H2,1H3. The molecule has 0 saturated carbocycles. The van der Waals surface area contributed by atoms with Gasteiger partial charge in [0.1, 0.15) is 5.15 Å². The number of methoxy groups -OCH3 is 1. The van der Waals surface area contributed by atoms with Crippen molar-refractivity contribution >= 4 is 17.6 Å². The minimum absolute atomic E-state index is 0.202. The lowest BCUT2D eigenvalue weighted by atomic mass is 10.2. The molecule has 0 bridgehead atoms. The molecule has 0 aromatic carbocycles. The molecular weight excluding hydrogens is 292 g/mol. The number of halogens is 1. The van der Waals surface area contributed by atoms with Crippen LogP contribution in [-0.4, -0.2) is 48.8 Å². The Labute approximate surface area is 130 Å². The van der Waals surface area contributed by atoms with E-state index in [1.54, 1.807) is 6.07 Å². The molecule has 1 saturated heterocycles. The molecule has 1 unspecified atom stereocenters. The van der Waals surface area contributed by atoms with E-state index in [1.165, 1.54) is 7.11 Å². The van der Waals surface area contributed by atoms with Gasteiger partial charge in [-0.05, 0) is 25.0 Å². The predicted molar refractivity (Wildman–Crippen MR) is 80.1 cm³/mol. The SMILES string of the molecule is COC(=O)CCN(Cc1cccc(Cl)n1)CC1CCCO1. The third-order valence-corrected chi connectivity index (χ3v) is 3.71. The van der Waals surface area contributed by atoms with Crippen molar-refractivity contribution in [2.75, 3.05) is 26.8 Å². The van der Waals surface area contributed by atoms with Crippen LogP contribution in [0.25, 0.3) is 0 Å². The average molecular weight is 313 g/mol. The van der Waals surface area contributed by atoms with Gasteiger partial charge in [0.2, 0.25) is 0 Å². The van der Waals surface area contributed by atoms with Crippen LogP contribution < -0.4 is 0 Å². The van der Waals surface area contributed by atoms with E-state index in [0.717, 1.165) is 31.7 Å². The largest absolute Gasteiger partial charge is 0.469 e. The highest BCUT2D eigenvalue weighted by atomic mass is 35.5. The van der Waals surface area contributed by atoms with Gasteiger partial charge in [0.25, 0.3) is 0 Å². The van der Waals surface area contributed by atoms with Crippen molar-refractivity contribution in [1.82, 2.24) is 9.88 Å². The zero-order chi connectivity index (χ0) is 15.1. The summed E-state index contributed by atoms with van der Waals surface area (Å²) in [5.41, 5.74) is 0.894. The van der Waals surface area contributed by atoms with Crippen LogP contribution in [0.2, 0.25) is 5.15 Å². The van der Waals surface area contributed by atoms with E-state index < -0.39 is 0 Å². The van der Waals surface area contributed by atoms with Gasteiger partial charge in [-0.3, -0.25) is 9.69 Å². The highest BCUT2D eigenvalue weighted by molar-refractivity contribution is 6.29. The first kappa shape index (κ1) is 16.2. The van der Waals surface area contributed by atoms with Crippen molar-refractivity contribution in [3.63, 3.8) is 0 Å².